The van der Waals surface area contributed by atoms with Crippen LogP contribution in [0.5, 0.6) is 0 Å². The van der Waals surface area contributed by atoms with E-state index >= 15 is 0 Å². The molecular weight excluding hydrogens is 298 g/mol. The van der Waals surface area contributed by atoms with Crippen LogP contribution in [0.1, 0.15) is 49.0 Å². The first-order chi connectivity index (χ1) is 10.6. The average Bonchev–Trinajstić information content (AvgIpc) is 2.52. The highest BCUT2D eigenvalue weighted by molar-refractivity contribution is 7.99. The molecule has 0 bridgehead atoms. The molecule has 0 aliphatic heterocycles. The zero-order valence-electron chi connectivity index (χ0n) is 13.1. The van der Waals surface area contributed by atoms with Gasteiger partial charge in [-0.1, -0.05) is 44.3 Å². The minimum absolute atomic E-state index is 0.0577. The van der Waals surface area contributed by atoms with E-state index in [9.17, 15) is 9.59 Å². The smallest absolute Gasteiger partial charge is 0.235 e. The number of ether oxygens (including phenoxy) is 1. The number of allylic oxidation sites excluding steroid dienone is 1. The highest BCUT2D eigenvalue weighted by atomic mass is 32.2. The number of rotatable bonds is 7. The van der Waals surface area contributed by atoms with Crippen molar-refractivity contribution in [3.8, 4) is 0 Å². The number of benzene rings is 1. The summed E-state index contributed by atoms with van der Waals surface area (Å²) in [6.07, 6.45) is 6.06. The fraction of sp³-hybridized carbons (Fsp3) is 0.412. The Morgan fingerprint density at radius 3 is 2.68 bits per heavy atom. The number of hydrogen-bond donors (Lipinski definition) is 1. The maximum atomic E-state index is 12.2. The van der Waals surface area contributed by atoms with Crippen molar-refractivity contribution in [3.63, 3.8) is 0 Å². The van der Waals surface area contributed by atoms with E-state index < -0.39 is 11.6 Å². The molecule has 0 aromatic heterocycles. The molecule has 1 aromatic carbocycles. The fourth-order valence-electron chi connectivity index (χ4n) is 2.53. The molecule has 0 heterocycles. The summed E-state index contributed by atoms with van der Waals surface area (Å²) >= 11 is 1.38. The largest absolute Gasteiger partial charge is 0.490 e. The molecular formula is C17H21NO3S. The number of carbonyl (C=O) groups excluding carboxylic acids is 2. The van der Waals surface area contributed by atoms with Crippen molar-refractivity contribution < 1.29 is 14.3 Å². The van der Waals surface area contributed by atoms with Gasteiger partial charge in [0.05, 0.1) is 17.4 Å². The number of hydrogen-bond acceptors (Lipinski definition) is 5. The summed E-state index contributed by atoms with van der Waals surface area (Å²) in [7, 11) is 0. The van der Waals surface area contributed by atoms with Crippen LogP contribution in [0.3, 0.4) is 0 Å². The van der Waals surface area contributed by atoms with Gasteiger partial charge in [0.2, 0.25) is 11.6 Å². The van der Waals surface area contributed by atoms with Gasteiger partial charge in [0.25, 0.3) is 0 Å². The Kier molecular flexibility index (Phi) is 5.66. The fourth-order valence-corrected chi connectivity index (χ4v) is 2.92. The third-order valence-corrected chi connectivity index (χ3v) is 4.04. The molecule has 0 fully saturated rings. The number of ketones is 2. The molecule has 0 spiro atoms. The van der Waals surface area contributed by atoms with Gasteiger partial charge in [0.1, 0.15) is 5.76 Å². The maximum absolute atomic E-state index is 12.2. The molecule has 0 saturated heterocycles. The van der Waals surface area contributed by atoms with Gasteiger partial charge in [-0.05, 0) is 18.9 Å². The van der Waals surface area contributed by atoms with E-state index in [1.165, 1.54) is 18.0 Å². The monoisotopic (exact) mass is 319 g/mol. The topological polar surface area (TPSA) is 55.4 Å². The van der Waals surface area contributed by atoms with Crippen molar-refractivity contribution in [3.05, 3.63) is 35.4 Å². The summed E-state index contributed by atoms with van der Waals surface area (Å²) in [5.41, 5.74) is 1.75. The normalized spacial score (nSPS) is 15.1. The second-order valence-corrected chi connectivity index (χ2v) is 5.79. The SMILES string of the molecule is CCCC(CC)OC1=CC(=O)C(=O)c2c(NSC)cccc21. The molecule has 1 atom stereocenters. The number of carbonyl (C=O) groups is 2. The molecule has 0 amide bonds. The summed E-state index contributed by atoms with van der Waals surface area (Å²) in [4.78, 5) is 24.3. The van der Waals surface area contributed by atoms with E-state index in [4.69, 9.17) is 4.74 Å². The van der Waals surface area contributed by atoms with Gasteiger partial charge in [-0.15, -0.1) is 0 Å². The summed E-state index contributed by atoms with van der Waals surface area (Å²) in [5.74, 6) is -0.503. The van der Waals surface area contributed by atoms with Crippen LogP contribution in [0, 0.1) is 0 Å². The van der Waals surface area contributed by atoms with Crippen LogP contribution in [0.2, 0.25) is 0 Å². The van der Waals surface area contributed by atoms with Crippen LogP contribution < -0.4 is 4.72 Å². The summed E-state index contributed by atoms with van der Waals surface area (Å²) < 4.78 is 9.07. The van der Waals surface area contributed by atoms with Gasteiger partial charge in [-0.2, -0.15) is 0 Å². The highest BCUT2D eigenvalue weighted by Gasteiger charge is 2.30. The van der Waals surface area contributed by atoms with Crippen LogP contribution in [-0.4, -0.2) is 23.9 Å². The Morgan fingerprint density at radius 2 is 2.05 bits per heavy atom. The third-order valence-electron chi connectivity index (χ3n) is 3.61. The standard InChI is InChI=1S/C17H21NO3S/c1-4-7-11(5-2)21-15-10-14(19)17(20)16-12(15)8-6-9-13(16)18-22-3/h6,8-11,18H,4-5,7H2,1-3H3. The van der Waals surface area contributed by atoms with Crippen LogP contribution >= 0.6 is 11.9 Å². The first-order valence-electron chi connectivity index (χ1n) is 7.51. The Bertz CT molecular complexity index is 610. The molecule has 1 N–H and O–H groups in total. The summed E-state index contributed by atoms with van der Waals surface area (Å²) in [5, 5.41) is 0. The lowest BCUT2D eigenvalue weighted by Crippen LogP contribution is -2.22. The zero-order chi connectivity index (χ0) is 16.1. The molecule has 2 rings (SSSR count). The number of anilines is 1. The van der Waals surface area contributed by atoms with Crippen molar-refractivity contribution >= 4 is 35.0 Å². The maximum Gasteiger partial charge on any atom is 0.235 e. The van der Waals surface area contributed by atoms with E-state index in [0.29, 0.717) is 22.6 Å². The second kappa shape index (κ2) is 7.49. The number of Topliss-reactive ketones (excluding diaryl/α,β-unsaturated/α-hetero) is 1. The molecule has 1 aromatic rings. The quantitative estimate of drug-likeness (QED) is 0.606. The van der Waals surface area contributed by atoms with Crippen molar-refractivity contribution in [2.24, 2.45) is 0 Å². The van der Waals surface area contributed by atoms with Crippen molar-refractivity contribution in [2.45, 2.75) is 39.2 Å². The molecule has 22 heavy (non-hydrogen) atoms. The number of nitrogens with one attached hydrogen (secondary N) is 1. The highest BCUT2D eigenvalue weighted by Crippen LogP contribution is 2.33. The van der Waals surface area contributed by atoms with Gasteiger partial charge in [0.15, 0.2) is 0 Å². The summed E-state index contributed by atoms with van der Waals surface area (Å²) in [6.45, 7) is 4.16. The Balaban J connectivity index is 2.42. The van der Waals surface area contributed by atoms with Gasteiger partial charge in [0, 0.05) is 17.9 Å². The molecule has 1 aliphatic carbocycles. The lowest BCUT2D eigenvalue weighted by molar-refractivity contribution is -0.111. The predicted octanol–water partition coefficient (Wildman–Crippen LogP) is 4.08. The van der Waals surface area contributed by atoms with Gasteiger partial charge < -0.3 is 9.46 Å². The molecule has 0 radical (unpaired) electrons. The first kappa shape index (κ1) is 16.6. The molecule has 1 aliphatic rings. The van der Waals surface area contributed by atoms with E-state index in [1.807, 2.05) is 18.4 Å². The molecule has 0 saturated carbocycles. The Hall–Kier alpha value is -1.75. The van der Waals surface area contributed by atoms with Crippen LogP contribution in [0.25, 0.3) is 5.76 Å². The van der Waals surface area contributed by atoms with Crippen LogP contribution in [0.15, 0.2) is 24.3 Å². The van der Waals surface area contributed by atoms with Gasteiger partial charge in [-0.3, -0.25) is 9.59 Å². The minimum Gasteiger partial charge on any atom is -0.490 e. The van der Waals surface area contributed by atoms with Crippen molar-refractivity contribution in [1.29, 1.82) is 0 Å². The van der Waals surface area contributed by atoms with Gasteiger partial charge >= 0.3 is 0 Å². The van der Waals surface area contributed by atoms with Crippen LogP contribution in [0.4, 0.5) is 5.69 Å². The van der Waals surface area contributed by atoms with Gasteiger partial charge in [-0.25, -0.2) is 0 Å². The first-order valence-corrected chi connectivity index (χ1v) is 8.74. The molecule has 118 valence electrons. The molecule has 5 heteroatoms. The van der Waals surface area contributed by atoms with E-state index in [0.717, 1.165) is 19.3 Å². The Morgan fingerprint density at radius 1 is 1.27 bits per heavy atom. The summed E-state index contributed by atoms with van der Waals surface area (Å²) in [6, 6.07) is 5.49. The van der Waals surface area contributed by atoms with E-state index in [1.54, 1.807) is 6.07 Å². The van der Waals surface area contributed by atoms with E-state index in [-0.39, 0.29) is 6.10 Å². The predicted molar refractivity (Wildman–Crippen MR) is 91.0 cm³/mol. The molecule has 4 nitrogen and oxygen atoms in total. The van der Waals surface area contributed by atoms with Crippen molar-refractivity contribution in [2.75, 3.05) is 11.0 Å². The minimum atomic E-state index is -0.524. The average molecular weight is 319 g/mol. The lowest BCUT2D eigenvalue weighted by Gasteiger charge is -2.24. The zero-order valence-corrected chi connectivity index (χ0v) is 14.0. The number of fused-ring (bicyclic) bond motifs is 1. The second-order valence-electron chi connectivity index (χ2n) is 5.17. The van der Waals surface area contributed by atoms with E-state index in [2.05, 4.69) is 18.6 Å². The molecule has 1 unspecified atom stereocenters. The lowest BCUT2D eigenvalue weighted by atomic mass is 9.92. The van der Waals surface area contributed by atoms with Crippen LogP contribution in [-0.2, 0) is 9.53 Å². The third kappa shape index (κ3) is 3.35. The van der Waals surface area contributed by atoms with Crippen molar-refractivity contribution in [1.82, 2.24) is 0 Å². The Labute approximate surface area is 135 Å².